The fraction of sp³-hybridized carbons (Fsp3) is 0.333. The first-order valence-corrected chi connectivity index (χ1v) is 14.0. The van der Waals surface area contributed by atoms with E-state index in [1.54, 1.807) is 24.3 Å². The number of nitrogens with zero attached hydrogens (tertiary/aromatic N) is 5. The van der Waals surface area contributed by atoms with E-state index in [1.165, 1.54) is 0 Å². The van der Waals surface area contributed by atoms with Crippen LogP contribution in [-0.4, -0.2) is 42.7 Å². The minimum Gasteiger partial charge on any atom is -0.491 e. The number of tetrazole rings is 1. The molecule has 1 aliphatic carbocycles. The highest BCUT2D eigenvalue weighted by Crippen LogP contribution is 2.44. The van der Waals surface area contributed by atoms with Gasteiger partial charge in [0.15, 0.2) is 17.5 Å². The molecule has 1 aliphatic rings. The third kappa shape index (κ3) is 5.45. The van der Waals surface area contributed by atoms with Gasteiger partial charge in [-0.3, -0.25) is 0 Å². The molecule has 1 atom stereocenters. The summed E-state index contributed by atoms with van der Waals surface area (Å²) in [6.07, 6.45) is -0.0598. The Morgan fingerprint density at radius 2 is 1.67 bits per heavy atom. The summed E-state index contributed by atoms with van der Waals surface area (Å²) in [4.78, 5) is 4.68. The highest BCUT2D eigenvalue weighted by Gasteiger charge is 2.39. The number of aromatic nitrogens is 6. The van der Waals surface area contributed by atoms with Crippen LogP contribution in [0, 0.1) is 31.4 Å². The normalized spacial score (nSPS) is 16.2. The minimum atomic E-state index is -2.74. The largest absolute Gasteiger partial charge is 0.491 e. The lowest BCUT2D eigenvalue weighted by Crippen LogP contribution is -2.33. The quantitative estimate of drug-likeness (QED) is 0.193. The van der Waals surface area contributed by atoms with E-state index in [0.29, 0.717) is 33.5 Å². The third-order valence-electron chi connectivity index (χ3n) is 7.95. The molecule has 42 heavy (non-hydrogen) atoms. The number of hydrogen-bond acceptors (Lipinski definition) is 5. The Balaban J connectivity index is 1.45. The van der Waals surface area contributed by atoms with Crippen molar-refractivity contribution in [2.75, 3.05) is 6.61 Å². The number of fused-ring (bicyclic) bond motifs is 1. The lowest BCUT2D eigenvalue weighted by Gasteiger charge is -2.35. The maximum absolute atomic E-state index is 14.6. The van der Waals surface area contributed by atoms with Gasteiger partial charge in [0.25, 0.3) is 0 Å². The van der Waals surface area contributed by atoms with Gasteiger partial charge < -0.3 is 9.30 Å². The first kappa shape index (κ1) is 28.1. The lowest BCUT2D eigenvalue weighted by atomic mass is 9.82. The number of benzene rings is 3. The van der Waals surface area contributed by atoms with Crippen LogP contribution in [-0.2, 0) is 0 Å². The summed E-state index contributed by atoms with van der Waals surface area (Å²) in [7, 11) is 0. The fourth-order valence-electron chi connectivity index (χ4n) is 5.86. The Morgan fingerprint density at radius 1 is 1.00 bits per heavy atom. The molecule has 0 aliphatic heterocycles. The van der Waals surface area contributed by atoms with Gasteiger partial charge in [-0.25, -0.2) is 27.6 Å². The molecule has 3 aromatic carbocycles. The van der Waals surface area contributed by atoms with E-state index in [-0.39, 0.29) is 43.7 Å². The van der Waals surface area contributed by atoms with Crippen LogP contribution in [0.3, 0.4) is 0 Å². The first-order valence-electron chi connectivity index (χ1n) is 13.6. The summed E-state index contributed by atoms with van der Waals surface area (Å²) in [5.41, 5.74) is 3.72. The van der Waals surface area contributed by atoms with Gasteiger partial charge >= 0.3 is 0 Å². The molecule has 0 amide bonds. The maximum Gasteiger partial charge on any atom is 0.248 e. The second-order valence-corrected chi connectivity index (χ2v) is 11.3. The Kier molecular flexibility index (Phi) is 7.38. The van der Waals surface area contributed by atoms with Crippen LogP contribution in [0.15, 0.2) is 48.5 Å². The van der Waals surface area contributed by atoms with Crippen molar-refractivity contribution in [1.29, 1.82) is 0 Å². The smallest absolute Gasteiger partial charge is 0.248 e. The molecule has 1 fully saturated rings. The van der Waals surface area contributed by atoms with Crippen molar-refractivity contribution < 1.29 is 22.3 Å². The number of hydrogen-bond donors (Lipinski definition) is 1. The van der Waals surface area contributed by atoms with E-state index in [9.17, 15) is 17.6 Å². The molecular formula is C30H27ClF4N6O. The van der Waals surface area contributed by atoms with Crippen LogP contribution in [0.4, 0.5) is 17.6 Å². The van der Waals surface area contributed by atoms with Gasteiger partial charge in [0.05, 0.1) is 17.1 Å². The molecule has 0 saturated heterocycles. The topological polar surface area (TPSA) is 81.5 Å². The van der Waals surface area contributed by atoms with E-state index in [2.05, 4.69) is 25.6 Å². The fourth-order valence-corrected chi connectivity index (χ4v) is 5.99. The number of nitrogens with one attached hydrogen (secondary N) is 1. The van der Waals surface area contributed by atoms with E-state index in [4.69, 9.17) is 16.3 Å². The van der Waals surface area contributed by atoms with Gasteiger partial charge in [-0.05, 0) is 90.6 Å². The number of ether oxygens (including phenoxy) is 1. The molecule has 6 rings (SSSR count). The van der Waals surface area contributed by atoms with E-state index >= 15 is 0 Å². The van der Waals surface area contributed by atoms with E-state index in [0.717, 1.165) is 28.8 Å². The summed E-state index contributed by atoms with van der Waals surface area (Å²) in [5.74, 6) is -3.43. The van der Waals surface area contributed by atoms with Crippen LogP contribution in [0.2, 0.25) is 5.02 Å². The summed E-state index contributed by atoms with van der Waals surface area (Å²) >= 11 is 6.13. The van der Waals surface area contributed by atoms with Gasteiger partial charge in [0.1, 0.15) is 18.2 Å². The molecule has 1 N–H and O–H groups in total. The predicted molar refractivity (Wildman–Crippen MR) is 151 cm³/mol. The minimum absolute atomic E-state index is 0.0895. The van der Waals surface area contributed by atoms with Crippen molar-refractivity contribution in [1.82, 2.24) is 30.2 Å². The molecule has 1 saturated carbocycles. The highest BCUT2D eigenvalue weighted by molar-refractivity contribution is 6.30. The number of rotatable bonds is 7. The van der Waals surface area contributed by atoms with Gasteiger partial charge in [-0.1, -0.05) is 11.6 Å². The lowest BCUT2D eigenvalue weighted by molar-refractivity contribution is -0.0531. The predicted octanol–water partition coefficient (Wildman–Crippen LogP) is 7.88. The number of aromatic amines is 1. The van der Waals surface area contributed by atoms with E-state index < -0.39 is 23.6 Å². The van der Waals surface area contributed by atoms with Gasteiger partial charge in [0, 0.05) is 41.1 Å². The molecular weight excluding hydrogens is 572 g/mol. The van der Waals surface area contributed by atoms with Crippen LogP contribution >= 0.6 is 11.6 Å². The zero-order valence-corrected chi connectivity index (χ0v) is 23.6. The van der Waals surface area contributed by atoms with Gasteiger partial charge in [-0.2, -0.15) is 0 Å². The SMILES string of the molecule is Cc1cc(-c2nnn[nH]2)cc(C)c1OCC(C1CCC(F)(F)CC1)n1c(-c2ccc(Cl)cc2)nc2cc(F)c(F)cc21. The number of halogens is 5. The van der Waals surface area contributed by atoms with Crippen molar-refractivity contribution in [3.05, 3.63) is 76.3 Å². The number of alkyl halides is 2. The molecule has 5 aromatic rings. The summed E-state index contributed by atoms with van der Waals surface area (Å²) in [6, 6.07) is 12.4. The van der Waals surface area contributed by atoms with Crippen molar-refractivity contribution in [2.24, 2.45) is 5.92 Å². The molecule has 0 spiro atoms. The Morgan fingerprint density at radius 3 is 2.31 bits per heavy atom. The van der Waals surface area contributed by atoms with Crippen molar-refractivity contribution in [2.45, 2.75) is 51.5 Å². The zero-order chi connectivity index (χ0) is 29.6. The number of aryl methyl sites for hydroxylation is 2. The number of imidazole rings is 1. The number of H-pyrrole nitrogens is 1. The second kappa shape index (κ2) is 11.0. The van der Waals surface area contributed by atoms with E-state index in [1.807, 2.05) is 30.5 Å². The molecule has 0 bridgehead atoms. The van der Waals surface area contributed by atoms with Crippen molar-refractivity contribution in [3.8, 4) is 28.5 Å². The zero-order valence-electron chi connectivity index (χ0n) is 22.8. The molecule has 2 aromatic heterocycles. The van der Waals surface area contributed by atoms with Crippen molar-refractivity contribution in [3.63, 3.8) is 0 Å². The standard InChI is InChI=1S/C30H27ClF4N6O/c1-16-11-20(28-37-39-40-38-28)12-17(2)27(16)42-15-26(18-7-9-30(34,35)10-8-18)41-25-14-23(33)22(32)13-24(25)36-29(41)19-3-5-21(31)6-4-19/h3-6,11-14,18,26H,7-10,15H2,1-2H3,(H,37,38,39,40). The van der Waals surface area contributed by atoms with Gasteiger partial charge in [0.2, 0.25) is 5.92 Å². The molecule has 218 valence electrons. The molecule has 12 heteroatoms. The van der Waals surface area contributed by atoms with Gasteiger partial charge in [-0.15, -0.1) is 5.10 Å². The monoisotopic (exact) mass is 598 g/mol. The highest BCUT2D eigenvalue weighted by atomic mass is 35.5. The summed E-state index contributed by atoms with van der Waals surface area (Å²) in [5, 5.41) is 14.5. The Hall–Kier alpha value is -3.99. The molecule has 1 unspecified atom stereocenters. The van der Waals surface area contributed by atoms with Crippen LogP contribution in [0.25, 0.3) is 33.8 Å². The van der Waals surface area contributed by atoms with Crippen LogP contribution in [0.1, 0.15) is 42.9 Å². The third-order valence-corrected chi connectivity index (χ3v) is 8.20. The summed E-state index contributed by atoms with van der Waals surface area (Å²) in [6.45, 7) is 3.89. The second-order valence-electron chi connectivity index (χ2n) is 10.8. The average molecular weight is 599 g/mol. The maximum atomic E-state index is 14.6. The Bertz CT molecular complexity index is 1710. The summed E-state index contributed by atoms with van der Waals surface area (Å²) < 4.78 is 65.7. The molecule has 7 nitrogen and oxygen atoms in total. The molecule has 0 radical (unpaired) electrons. The van der Waals surface area contributed by atoms with Crippen molar-refractivity contribution >= 4 is 22.6 Å². The van der Waals surface area contributed by atoms with Crippen LogP contribution < -0.4 is 4.74 Å². The Labute approximate surface area is 243 Å². The first-order chi connectivity index (χ1) is 20.1. The average Bonchev–Trinajstić information content (AvgIpc) is 3.60. The molecule has 2 heterocycles. The van der Waals surface area contributed by atoms with Crippen LogP contribution in [0.5, 0.6) is 5.75 Å².